The molecule has 1 aromatic carbocycles. The van der Waals surface area contributed by atoms with Gasteiger partial charge in [-0.2, -0.15) is 5.10 Å². The van der Waals surface area contributed by atoms with E-state index < -0.39 is 5.97 Å². The van der Waals surface area contributed by atoms with Gasteiger partial charge < -0.3 is 9.84 Å². The van der Waals surface area contributed by atoms with E-state index in [1.807, 2.05) is 0 Å². The third kappa shape index (κ3) is 3.25. The van der Waals surface area contributed by atoms with Crippen molar-refractivity contribution >= 4 is 5.97 Å². The number of carboxylic acids is 1. The molecular formula is C13H15N3O4. The van der Waals surface area contributed by atoms with E-state index in [0.29, 0.717) is 25.3 Å². The van der Waals surface area contributed by atoms with E-state index in [2.05, 4.69) is 5.10 Å². The Morgan fingerprint density at radius 1 is 1.45 bits per heavy atom. The summed E-state index contributed by atoms with van der Waals surface area (Å²) in [5.41, 5.74) is 0.0151. The Morgan fingerprint density at radius 2 is 2.25 bits per heavy atom. The highest BCUT2D eigenvalue weighted by atomic mass is 16.5. The molecule has 1 heterocycles. The second-order valence-electron chi connectivity index (χ2n) is 4.28. The lowest BCUT2D eigenvalue weighted by molar-refractivity contribution is 0.0696. The molecule has 0 bridgehead atoms. The lowest BCUT2D eigenvalue weighted by Gasteiger charge is -2.06. The van der Waals surface area contributed by atoms with Crippen LogP contribution in [0.4, 0.5) is 0 Å². The topological polar surface area (TPSA) is 86.3 Å². The number of nitrogens with zero attached hydrogens (tertiary/aromatic N) is 3. The van der Waals surface area contributed by atoms with Gasteiger partial charge in [0.2, 0.25) is 0 Å². The van der Waals surface area contributed by atoms with Crippen LogP contribution < -0.4 is 10.4 Å². The van der Waals surface area contributed by atoms with Gasteiger partial charge in [0, 0.05) is 20.0 Å². The molecule has 20 heavy (non-hydrogen) atoms. The normalized spacial score (nSPS) is 10.4. The number of ether oxygens (including phenoxy) is 1. The zero-order chi connectivity index (χ0) is 14.5. The maximum Gasteiger partial charge on any atom is 0.345 e. The first kappa shape index (κ1) is 13.9. The van der Waals surface area contributed by atoms with Crippen LogP contribution >= 0.6 is 0 Å². The molecule has 2 rings (SSSR count). The zero-order valence-corrected chi connectivity index (χ0v) is 11.0. The van der Waals surface area contributed by atoms with Crippen LogP contribution in [0.5, 0.6) is 5.75 Å². The highest BCUT2D eigenvalue weighted by Crippen LogP contribution is 2.13. The number of hydrogen-bond donors (Lipinski definition) is 1. The van der Waals surface area contributed by atoms with Crippen molar-refractivity contribution in [3.05, 3.63) is 46.6 Å². The second-order valence-corrected chi connectivity index (χ2v) is 4.28. The monoisotopic (exact) mass is 277 g/mol. The maximum atomic E-state index is 11.5. The van der Waals surface area contributed by atoms with Crippen molar-refractivity contribution in [1.29, 1.82) is 0 Å². The molecule has 2 aromatic rings. The van der Waals surface area contributed by atoms with Crippen molar-refractivity contribution in [1.82, 2.24) is 14.3 Å². The molecule has 0 aliphatic heterocycles. The van der Waals surface area contributed by atoms with Gasteiger partial charge in [-0.25, -0.2) is 14.3 Å². The fourth-order valence-corrected chi connectivity index (χ4v) is 1.70. The molecule has 0 atom stereocenters. The average molecular weight is 277 g/mol. The molecule has 1 aromatic heterocycles. The number of carbonyl (C=O) groups is 1. The molecule has 0 amide bonds. The largest absolute Gasteiger partial charge is 0.494 e. The molecule has 0 radical (unpaired) electrons. The Morgan fingerprint density at radius 3 is 2.90 bits per heavy atom. The van der Waals surface area contributed by atoms with E-state index in [4.69, 9.17) is 9.84 Å². The first-order valence-electron chi connectivity index (χ1n) is 6.12. The minimum atomic E-state index is -0.990. The fourth-order valence-electron chi connectivity index (χ4n) is 1.70. The lowest BCUT2D eigenvalue weighted by Crippen LogP contribution is -2.23. The number of aryl methyl sites for hydroxylation is 2. The Hall–Kier alpha value is -2.57. The smallest absolute Gasteiger partial charge is 0.345 e. The number of rotatable bonds is 6. The first-order chi connectivity index (χ1) is 9.58. The van der Waals surface area contributed by atoms with Crippen molar-refractivity contribution in [3.8, 4) is 5.75 Å². The van der Waals surface area contributed by atoms with E-state index in [0.717, 1.165) is 0 Å². The highest BCUT2D eigenvalue weighted by molar-refractivity contribution is 5.87. The van der Waals surface area contributed by atoms with Crippen molar-refractivity contribution in [2.45, 2.75) is 13.0 Å². The summed E-state index contributed by atoms with van der Waals surface area (Å²) < 4.78 is 8.21. The summed E-state index contributed by atoms with van der Waals surface area (Å²) in [6, 6.07) is 6.29. The van der Waals surface area contributed by atoms with Crippen molar-refractivity contribution < 1.29 is 14.6 Å². The Kier molecular flexibility index (Phi) is 4.19. The standard InChI is InChI=1S/C13H15N3O4/c1-15-9-14-16(13(15)19)6-3-7-20-11-5-2-4-10(8-11)12(17)18/h2,4-5,8-9H,3,6-7H2,1H3,(H,17,18). The van der Waals surface area contributed by atoms with E-state index in [9.17, 15) is 9.59 Å². The zero-order valence-electron chi connectivity index (χ0n) is 11.0. The van der Waals surface area contributed by atoms with Crippen LogP contribution in [0.25, 0.3) is 0 Å². The number of benzene rings is 1. The molecule has 0 unspecified atom stereocenters. The first-order valence-corrected chi connectivity index (χ1v) is 6.12. The molecule has 0 aliphatic rings. The van der Waals surface area contributed by atoms with Gasteiger partial charge in [0.05, 0.1) is 12.2 Å². The Balaban J connectivity index is 1.84. The quantitative estimate of drug-likeness (QED) is 0.787. The van der Waals surface area contributed by atoms with E-state index in [1.54, 1.807) is 19.2 Å². The van der Waals surface area contributed by atoms with Crippen molar-refractivity contribution in [3.63, 3.8) is 0 Å². The molecule has 0 fully saturated rings. The SMILES string of the molecule is Cn1cnn(CCCOc2cccc(C(=O)O)c2)c1=O. The van der Waals surface area contributed by atoms with Crippen LogP contribution in [0.1, 0.15) is 16.8 Å². The minimum absolute atomic E-state index is 0.169. The van der Waals surface area contributed by atoms with Gasteiger partial charge in [-0.15, -0.1) is 0 Å². The minimum Gasteiger partial charge on any atom is -0.494 e. The predicted octanol–water partition coefficient (Wildman–Crippen LogP) is 0.749. The van der Waals surface area contributed by atoms with Crippen LogP contribution in [0.15, 0.2) is 35.4 Å². The van der Waals surface area contributed by atoms with Crippen molar-refractivity contribution in [2.24, 2.45) is 7.05 Å². The fraction of sp³-hybridized carbons (Fsp3) is 0.308. The molecule has 0 spiro atoms. The summed E-state index contributed by atoms with van der Waals surface area (Å²) in [5, 5.41) is 12.8. The van der Waals surface area contributed by atoms with Gasteiger partial charge in [-0.1, -0.05) is 6.07 Å². The van der Waals surface area contributed by atoms with Crippen LogP contribution in [0, 0.1) is 0 Å². The Bertz CT molecular complexity index is 660. The molecule has 0 saturated heterocycles. The molecule has 0 aliphatic carbocycles. The summed E-state index contributed by atoms with van der Waals surface area (Å²) >= 11 is 0. The molecule has 7 heteroatoms. The van der Waals surface area contributed by atoms with Gasteiger partial charge in [0.15, 0.2) is 0 Å². The van der Waals surface area contributed by atoms with Crippen LogP contribution in [-0.2, 0) is 13.6 Å². The third-order valence-electron chi connectivity index (χ3n) is 2.75. The Labute approximate surface area is 115 Å². The van der Waals surface area contributed by atoms with Gasteiger partial charge >= 0.3 is 11.7 Å². The molecule has 0 saturated carbocycles. The van der Waals surface area contributed by atoms with Crippen molar-refractivity contribution in [2.75, 3.05) is 6.61 Å². The number of carboxylic acid groups (broad SMARTS) is 1. The van der Waals surface area contributed by atoms with Gasteiger partial charge in [0.1, 0.15) is 12.1 Å². The third-order valence-corrected chi connectivity index (χ3v) is 2.75. The highest BCUT2D eigenvalue weighted by Gasteiger charge is 2.04. The molecule has 7 nitrogen and oxygen atoms in total. The summed E-state index contributed by atoms with van der Waals surface area (Å²) in [7, 11) is 1.64. The summed E-state index contributed by atoms with van der Waals surface area (Å²) in [6.45, 7) is 0.838. The van der Waals surface area contributed by atoms with Crippen LogP contribution in [-0.4, -0.2) is 32.0 Å². The average Bonchev–Trinajstić information content (AvgIpc) is 2.75. The predicted molar refractivity (Wildman–Crippen MR) is 71.0 cm³/mol. The van der Waals surface area contributed by atoms with Gasteiger partial charge in [0.25, 0.3) is 0 Å². The van der Waals surface area contributed by atoms with Crippen LogP contribution in [0.2, 0.25) is 0 Å². The summed E-state index contributed by atoms with van der Waals surface area (Å²) in [4.78, 5) is 22.3. The van der Waals surface area contributed by atoms with E-state index in [1.165, 1.54) is 27.7 Å². The molecule has 106 valence electrons. The van der Waals surface area contributed by atoms with E-state index >= 15 is 0 Å². The van der Waals surface area contributed by atoms with Gasteiger partial charge in [-0.3, -0.25) is 4.57 Å². The maximum absolute atomic E-state index is 11.5. The molecular weight excluding hydrogens is 262 g/mol. The number of aromatic carboxylic acids is 1. The number of aromatic nitrogens is 3. The summed E-state index contributed by atoms with van der Waals surface area (Å²) in [5.74, 6) is -0.492. The van der Waals surface area contributed by atoms with E-state index in [-0.39, 0.29) is 11.3 Å². The van der Waals surface area contributed by atoms with Gasteiger partial charge in [-0.05, 0) is 18.2 Å². The molecule has 1 N–H and O–H groups in total. The number of hydrogen-bond acceptors (Lipinski definition) is 4. The summed E-state index contributed by atoms with van der Waals surface area (Å²) in [6.07, 6.45) is 2.06. The lowest BCUT2D eigenvalue weighted by atomic mass is 10.2. The van der Waals surface area contributed by atoms with Crippen LogP contribution in [0.3, 0.4) is 0 Å². The second kappa shape index (κ2) is 6.05.